The standard InChI is InChI=1S/C15H20N2O2.ClH/c18-15(17-9-7-16-8-10-17)13-3-5-14(6-4-13)19-11-12-1-2-12;/h3-6,12,16H,1-2,7-11H2;1H. The van der Waals surface area contributed by atoms with Gasteiger partial charge in [-0.1, -0.05) is 0 Å². The van der Waals surface area contributed by atoms with Gasteiger partial charge in [0.1, 0.15) is 5.75 Å². The fraction of sp³-hybridized carbons (Fsp3) is 0.533. The van der Waals surface area contributed by atoms with Gasteiger partial charge in [-0.25, -0.2) is 0 Å². The van der Waals surface area contributed by atoms with Crippen LogP contribution < -0.4 is 10.1 Å². The van der Waals surface area contributed by atoms with Gasteiger partial charge in [0.05, 0.1) is 6.61 Å². The number of nitrogens with one attached hydrogen (secondary N) is 1. The summed E-state index contributed by atoms with van der Waals surface area (Å²) >= 11 is 0. The fourth-order valence-electron chi connectivity index (χ4n) is 2.24. The second-order valence-electron chi connectivity index (χ2n) is 5.32. The average molecular weight is 297 g/mol. The largest absolute Gasteiger partial charge is 0.493 e. The fourth-order valence-corrected chi connectivity index (χ4v) is 2.24. The molecule has 0 bridgehead atoms. The Morgan fingerprint density at radius 2 is 1.85 bits per heavy atom. The Labute approximate surface area is 125 Å². The van der Waals surface area contributed by atoms with Gasteiger partial charge < -0.3 is 15.0 Å². The maximum absolute atomic E-state index is 12.2. The van der Waals surface area contributed by atoms with Crippen molar-refractivity contribution in [2.75, 3.05) is 32.8 Å². The Bertz CT molecular complexity index is 440. The molecule has 20 heavy (non-hydrogen) atoms. The van der Waals surface area contributed by atoms with E-state index in [2.05, 4.69) is 5.32 Å². The summed E-state index contributed by atoms with van der Waals surface area (Å²) in [4.78, 5) is 14.1. The van der Waals surface area contributed by atoms with Gasteiger partial charge in [-0.15, -0.1) is 12.4 Å². The van der Waals surface area contributed by atoms with Crippen LogP contribution in [0.25, 0.3) is 0 Å². The van der Waals surface area contributed by atoms with Crippen LogP contribution in [0, 0.1) is 5.92 Å². The molecular weight excluding hydrogens is 276 g/mol. The van der Waals surface area contributed by atoms with Crippen LogP contribution in [-0.2, 0) is 0 Å². The second kappa shape index (κ2) is 6.95. The molecule has 1 heterocycles. The SMILES string of the molecule is Cl.O=C(c1ccc(OCC2CC2)cc1)N1CCNCC1. The van der Waals surface area contributed by atoms with E-state index in [1.165, 1.54) is 12.8 Å². The van der Waals surface area contributed by atoms with Gasteiger partial charge in [-0.05, 0) is 43.0 Å². The zero-order valence-corrected chi connectivity index (χ0v) is 12.3. The minimum absolute atomic E-state index is 0. The molecule has 110 valence electrons. The van der Waals surface area contributed by atoms with Crippen LogP contribution in [0.15, 0.2) is 24.3 Å². The Hall–Kier alpha value is -1.26. The summed E-state index contributed by atoms with van der Waals surface area (Å²) in [5, 5.41) is 3.25. The first-order chi connectivity index (χ1) is 9.33. The number of rotatable bonds is 4. The van der Waals surface area contributed by atoms with E-state index in [4.69, 9.17) is 4.74 Å². The van der Waals surface area contributed by atoms with E-state index in [1.54, 1.807) is 0 Å². The highest BCUT2D eigenvalue weighted by molar-refractivity contribution is 5.94. The molecule has 0 spiro atoms. The lowest BCUT2D eigenvalue weighted by Gasteiger charge is -2.27. The minimum Gasteiger partial charge on any atom is -0.493 e. The van der Waals surface area contributed by atoms with Crippen LogP contribution in [0.2, 0.25) is 0 Å². The number of piperazine rings is 1. The second-order valence-corrected chi connectivity index (χ2v) is 5.32. The number of hydrogen-bond donors (Lipinski definition) is 1. The molecule has 1 saturated carbocycles. The van der Waals surface area contributed by atoms with E-state index in [-0.39, 0.29) is 18.3 Å². The third kappa shape index (κ3) is 3.87. The van der Waals surface area contributed by atoms with Gasteiger partial charge in [0.25, 0.3) is 5.91 Å². The molecule has 1 aromatic rings. The quantitative estimate of drug-likeness (QED) is 0.923. The van der Waals surface area contributed by atoms with Crippen molar-refractivity contribution in [3.05, 3.63) is 29.8 Å². The molecule has 1 aliphatic heterocycles. The summed E-state index contributed by atoms with van der Waals surface area (Å²) in [7, 11) is 0. The molecule has 3 rings (SSSR count). The summed E-state index contributed by atoms with van der Waals surface area (Å²) in [6, 6.07) is 7.54. The smallest absolute Gasteiger partial charge is 0.253 e. The lowest BCUT2D eigenvalue weighted by atomic mass is 10.2. The van der Waals surface area contributed by atoms with Crippen LogP contribution in [0.5, 0.6) is 5.75 Å². The number of ether oxygens (including phenoxy) is 1. The average Bonchev–Trinajstić information content (AvgIpc) is 3.30. The van der Waals surface area contributed by atoms with E-state index in [9.17, 15) is 4.79 Å². The Morgan fingerprint density at radius 1 is 1.20 bits per heavy atom. The molecule has 0 radical (unpaired) electrons. The van der Waals surface area contributed by atoms with Gasteiger partial charge in [-0.2, -0.15) is 0 Å². The number of nitrogens with zero attached hydrogens (tertiary/aromatic N) is 1. The van der Waals surface area contributed by atoms with Crippen molar-refractivity contribution < 1.29 is 9.53 Å². The normalized spacial score (nSPS) is 18.3. The highest BCUT2D eigenvalue weighted by Crippen LogP contribution is 2.29. The topological polar surface area (TPSA) is 41.6 Å². The van der Waals surface area contributed by atoms with Crippen molar-refractivity contribution in [2.45, 2.75) is 12.8 Å². The molecule has 0 atom stereocenters. The molecule has 0 aromatic heterocycles. The van der Waals surface area contributed by atoms with Crippen LogP contribution >= 0.6 is 12.4 Å². The van der Waals surface area contributed by atoms with E-state index in [1.807, 2.05) is 29.2 Å². The van der Waals surface area contributed by atoms with Crippen molar-refractivity contribution >= 4 is 18.3 Å². The summed E-state index contributed by atoms with van der Waals surface area (Å²) < 4.78 is 5.68. The minimum atomic E-state index is 0. The van der Waals surface area contributed by atoms with Gasteiger partial charge in [0, 0.05) is 31.7 Å². The lowest BCUT2D eigenvalue weighted by molar-refractivity contribution is 0.0736. The molecule has 2 fully saturated rings. The van der Waals surface area contributed by atoms with Crippen molar-refractivity contribution in [1.29, 1.82) is 0 Å². The first-order valence-electron chi connectivity index (χ1n) is 7.06. The van der Waals surface area contributed by atoms with E-state index in [0.717, 1.165) is 50.0 Å². The molecule has 1 amide bonds. The molecule has 4 nitrogen and oxygen atoms in total. The molecule has 1 saturated heterocycles. The molecule has 1 N–H and O–H groups in total. The number of hydrogen-bond acceptors (Lipinski definition) is 3. The van der Waals surface area contributed by atoms with Crippen LogP contribution in [0.3, 0.4) is 0 Å². The Kier molecular flexibility index (Phi) is 5.26. The first kappa shape index (κ1) is 15.1. The highest BCUT2D eigenvalue weighted by Gasteiger charge is 2.22. The zero-order chi connectivity index (χ0) is 13.1. The van der Waals surface area contributed by atoms with Gasteiger partial charge in [0.2, 0.25) is 0 Å². The Balaban J connectivity index is 0.00000147. The molecule has 2 aliphatic rings. The highest BCUT2D eigenvalue weighted by atomic mass is 35.5. The number of benzene rings is 1. The summed E-state index contributed by atoms with van der Waals surface area (Å²) in [5.74, 6) is 1.74. The van der Waals surface area contributed by atoms with Gasteiger partial charge in [0.15, 0.2) is 0 Å². The van der Waals surface area contributed by atoms with E-state index < -0.39 is 0 Å². The van der Waals surface area contributed by atoms with E-state index >= 15 is 0 Å². The van der Waals surface area contributed by atoms with Crippen LogP contribution in [-0.4, -0.2) is 43.6 Å². The third-order valence-electron chi connectivity index (χ3n) is 3.69. The van der Waals surface area contributed by atoms with E-state index in [0.29, 0.717) is 0 Å². The third-order valence-corrected chi connectivity index (χ3v) is 3.69. The summed E-state index contributed by atoms with van der Waals surface area (Å²) in [6.07, 6.45) is 2.58. The monoisotopic (exact) mass is 296 g/mol. The maximum Gasteiger partial charge on any atom is 0.253 e. The molecular formula is C15H21ClN2O2. The first-order valence-corrected chi connectivity index (χ1v) is 7.06. The van der Waals surface area contributed by atoms with Crippen molar-refractivity contribution in [1.82, 2.24) is 10.2 Å². The van der Waals surface area contributed by atoms with Crippen molar-refractivity contribution in [2.24, 2.45) is 5.92 Å². The summed E-state index contributed by atoms with van der Waals surface area (Å²) in [5.41, 5.74) is 0.751. The molecule has 1 aliphatic carbocycles. The van der Waals surface area contributed by atoms with Crippen LogP contribution in [0.1, 0.15) is 23.2 Å². The van der Waals surface area contributed by atoms with Crippen molar-refractivity contribution in [3.63, 3.8) is 0 Å². The van der Waals surface area contributed by atoms with Gasteiger partial charge >= 0.3 is 0 Å². The van der Waals surface area contributed by atoms with Gasteiger partial charge in [-0.3, -0.25) is 4.79 Å². The van der Waals surface area contributed by atoms with Crippen LogP contribution in [0.4, 0.5) is 0 Å². The summed E-state index contributed by atoms with van der Waals surface area (Å²) in [6.45, 7) is 4.16. The predicted molar refractivity (Wildman–Crippen MR) is 80.7 cm³/mol. The Morgan fingerprint density at radius 3 is 2.45 bits per heavy atom. The molecule has 1 aromatic carbocycles. The predicted octanol–water partition coefficient (Wildman–Crippen LogP) is 1.94. The molecule has 0 unspecified atom stereocenters. The number of halogens is 1. The lowest BCUT2D eigenvalue weighted by Crippen LogP contribution is -2.46. The number of carbonyl (C=O) groups excluding carboxylic acids is 1. The molecule has 5 heteroatoms. The maximum atomic E-state index is 12.2. The zero-order valence-electron chi connectivity index (χ0n) is 11.5. The van der Waals surface area contributed by atoms with Crippen molar-refractivity contribution in [3.8, 4) is 5.75 Å². The number of carbonyl (C=O) groups is 1. The number of amides is 1.